The van der Waals surface area contributed by atoms with Gasteiger partial charge in [-0.25, -0.2) is 8.42 Å². The van der Waals surface area contributed by atoms with E-state index in [1.54, 1.807) is 57.2 Å². The van der Waals surface area contributed by atoms with Gasteiger partial charge in [-0.05, 0) is 62.6 Å². The van der Waals surface area contributed by atoms with Crippen LogP contribution < -0.4 is 9.62 Å². The third kappa shape index (κ3) is 8.00. The first kappa shape index (κ1) is 29.2. The zero-order valence-electron chi connectivity index (χ0n) is 20.1. The molecule has 1 atom stereocenters. The molecular formula is C24H30Cl3N3O4S. The topological polar surface area (TPSA) is 86.8 Å². The van der Waals surface area contributed by atoms with E-state index in [-0.39, 0.29) is 37.7 Å². The SMILES string of the molecule is CCNC(=O)[C@@H](C)N(Cc1ccc(Cl)cc1Cl)C(=O)CCCN(c1cccc(Cl)c1C)S(C)(=O)=O. The summed E-state index contributed by atoms with van der Waals surface area (Å²) >= 11 is 18.5. The molecule has 11 heteroatoms. The van der Waals surface area contributed by atoms with Crippen molar-refractivity contribution in [2.24, 2.45) is 0 Å². The van der Waals surface area contributed by atoms with Gasteiger partial charge in [-0.3, -0.25) is 13.9 Å². The van der Waals surface area contributed by atoms with Gasteiger partial charge >= 0.3 is 0 Å². The molecule has 0 unspecified atom stereocenters. The van der Waals surface area contributed by atoms with Gasteiger partial charge in [0.25, 0.3) is 0 Å². The Morgan fingerprint density at radius 3 is 2.37 bits per heavy atom. The van der Waals surface area contributed by atoms with Gasteiger partial charge in [-0.15, -0.1) is 0 Å². The highest BCUT2D eigenvalue weighted by Crippen LogP contribution is 2.29. The van der Waals surface area contributed by atoms with Crippen molar-refractivity contribution in [3.63, 3.8) is 0 Å². The Morgan fingerprint density at radius 2 is 1.77 bits per heavy atom. The number of benzene rings is 2. The normalized spacial score (nSPS) is 12.2. The molecule has 2 aromatic carbocycles. The molecular weight excluding hydrogens is 533 g/mol. The van der Waals surface area contributed by atoms with E-state index in [1.165, 1.54) is 9.21 Å². The molecule has 1 N–H and O–H groups in total. The molecule has 0 heterocycles. The number of amides is 2. The molecule has 192 valence electrons. The number of halogens is 3. The number of anilines is 1. The van der Waals surface area contributed by atoms with E-state index < -0.39 is 16.1 Å². The van der Waals surface area contributed by atoms with Crippen LogP contribution in [-0.4, -0.2) is 50.5 Å². The second-order valence-electron chi connectivity index (χ2n) is 8.15. The minimum Gasteiger partial charge on any atom is -0.355 e. The molecule has 0 saturated heterocycles. The van der Waals surface area contributed by atoms with Gasteiger partial charge in [0.1, 0.15) is 6.04 Å². The monoisotopic (exact) mass is 561 g/mol. The second-order valence-corrected chi connectivity index (χ2v) is 11.3. The van der Waals surface area contributed by atoms with E-state index in [1.807, 2.05) is 0 Å². The lowest BCUT2D eigenvalue weighted by atomic mass is 10.1. The number of rotatable bonds is 11. The van der Waals surface area contributed by atoms with Crippen molar-refractivity contribution in [2.75, 3.05) is 23.7 Å². The van der Waals surface area contributed by atoms with Crippen LogP contribution in [0.4, 0.5) is 5.69 Å². The zero-order chi connectivity index (χ0) is 26.3. The molecule has 0 fully saturated rings. The first-order chi connectivity index (χ1) is 16.4. The van der Waals surface area contributed by atoms with Crippen molar-refractivity contribution >= 4 is 62.3 Å². The molecule has 0 radical (unpaired) electrons. The van der Waals surface area contributed by atoms with Crippen molar-refractivity contribution in [1.29, 1.82) is 0 Å². The fraction of sp³-hybridized carbons (Fsp3) is 0.417. The van der Waals surface area contributed by atoms with Gasteiger partial charge in [-0.1, -0.05) is 46.9 Å². The number of sulfonamides is 1. The largest absolute Gasteiger partial charge is 0.355 e. The maximum Gasteiger partial charge on any atom is 0.242 e. The molecule has 0 bridgehead atoms. The van der Waals surface area contributed by atoms with Crippen LogP contribution in [0.1, 0.15) is 37.8 Å². The van der Waals surface area contributed by atoms with Crippen LogP contribution in [-0.2, 0) is 26.2 Å². The fourth-order valence-electron chi connectivity index (χ4n) is 3.59. The average Bonchev–Trinajstić information content (AvgIpc) is 2.77. The minimum atomic E-state index is -3.62. The first-order valence-electron chi connectivity index (χ1n) is 11.1. The van der Waals surface area contributed by atoms with Crippen molar-refractivity contribution < 1.29 is 18.0 Å². The lowest BCUT2D eigenvalue weighted by Crippen LogP contribution is -2.47. The third-order valence-electron chi connectivity index (χ3n) is 5.53. The predicted molar refractivity (Wildman–Crippen MR) is 143 cm³/mol. The average molecular weight is 563 g/mol. The van der Waals surface area contributed by atoms with Crippen molar-refractivity contribution in [1.82, 2.24) is 10.2 Å². The molecule has 0 spiro atoms. The molecule has 2 rings (SSSR count). The number of carbonyl (C=O) groups excluding carboxylic acids is 2. The highest BCUT2D eigenvalue weighted by atomic mass is 35.5. The van der Waals surface area contributed by atoms with Gasteiger partial charge in [0.15, 0.2) is 0 Å². The first-order valence-corrected chi connectivity index (χ1v) is 14.1. The molecule has 0 saturated carbocycles. The molecule has 2 amide bonds. The number of nitrogens with zero attached hydrogens (tertiary/aromatic N) is 2. The number of hydrogen-bond acceptors (Lipinski definition) is 4. The molecule has 35 heavy (non-hydrogen) atoms. The summed E-state index contributed by atoms with van der Waals surface area (Å²) in [5.41, 5.74) is 1.75. The lowest BCUT2D eigenvalue weighted by Gasteiger charge is -2.30. The summed E-state index contributed by atoms with van der Waals surface area (Å²) in [4.78, 5) is 27.2. The number of likely N-dealkylation sites (N-methyl/N-ethyl adjacent to an activating group) is 1. The Morgan fingerprint density at radius 1 is 1.09 bits per heavy atom. The Balaban J connectivity index is 2.22. The Bertz CT molecular complexity index is 1170. The third-order valence-corrected chi connectivity index (χ3v) is 7.71. The van der Waals surface area contributed by atoms with Crippen LogP contribution in [0.2, 0.25) is 15.1 Å². The van der Waals surface area contributed by atoms with E-state index in [0.717, 1.165) is 6.26 Å². The molecule has 0 aliphatic carbocycles. The van der Waals surface area contributed by atoms with Gasteiger partial charge in [0.2, 0.25) is 21.8 Å². The minimum absolute atomic E-state index is 0.0284. The number of nitrogens with one attached hydrogen (secondary N) is 1. The summed E-state index contributed by atoms with van der Waals surface area (Å²) in [5.74, 6) is -0.593. The van der Waals surface area contributed by atoms with E-state index >= 15 is 0 Å². The highest BCUT2D eigenvalue weighted by molar-refractivity contribution is 7.92. The van der Waals surface area contributed by atoms with Crippen molar-refractivity contribution in [3.05, 3.63) is 62.6 Å². The summed E-state index contributed by atoms with van der Waals surface area (Å²) in [7, 11) is -3.62. The van der Waals surface area contributed by atoms with Crippen LogP contribution in [0, 0.1) is 6.92 Å². The Labute approximate surface area is 222 Å². The smallest absolute Gasteiger partial charge is 0.242 e. The van der Waals surface area contributed by atoms with Crippen LogP contribution in [0.25, 0.3) is 0 Å². The second kappa shape index (κ2) is 12.8. The van der Waals surface area contributed by atoms with Crippen LogP contribution in [0.3, 0.4) is 0 Å². The van der Waals surface area contributed by atoms with Crippen LogP contribution in [0.15, 0.2) is 36.4 Å². The standard InChI is InChI=1S/C24H30Cl3N3O4S/c1-5-28-24(32)17(3)29(15-18-11-12-19(25)14-21(18)27)23(31)10-7-13-30(35(4,33)34)22-9-6-8-20(26)16(22)2/h6,8-9,11-12,14,17H,5,7,10,13,15H2,1-4H3,(H,28,32)/t17-/m1/s1. The number of hydrogen-bond donors (Lipinski definition) is 1. The Hall–Kier alpha value is -2.00. The summed E-state index contributed by atoms with van der Waals surface area (Å²) in [6.45, 7) is 5.80. The highest BCUT2D eigenvalue weighted by Gasteiger charge is 2.27. The van der Waals surface area contributed by atoms with Gasteiger partial charge in [0, 0.05) is 41.1 Å². The molecule has 7 nitrogen and oxygen atoms in total. The maximum atomic E-state index is 13.3. The molecule has 0 aromatic heterocycles. The Kier molecular flexibility index (Phi) is 10.7. The van der Waals surface area contributed by atoms with E-state index in [9.17, 15) is 18.0 Å². The van der Waals surface area contributed by atoms with Crippen molar-refractivity contribution in [3.8, 4) is 0 Å². The number of carbonyl (C=O) groups is 2. The van der Waals surface area contributed by atoms with Gasteiger partial charge in [0.05, 0.1) is 11.9 Å². The summed E-state index contributed by atoms with van der Waals surface area (Å²) in [6.07, 6.45) is 1.38. The van der Waals surface area contributed by atoms with E-state index in [2.05, 4.69) is 5.32 Å². The van der Waals surface area contributed by atoms with Gasteiger partial charge < -0.3 is 10.2 Å². The van der Waals surface area contributed by atoms with E-state index in [4.69, 9.17) is 34.8 Å². The van der Waals surface area contributed by atoms with Gasteiger partial charge in [-0.2, -0.15) is 0 Å². The quantitative estimate of drug-likeness (QED) is 0.415. The predicted octanol–water partition coefficient (Wildman–Crippen LogP) is 5.05. The van der Waals surface area contributed by atoms with Crippen LogP contribution >= 0.6 is 34.8 Å². The summed E-state index contributed by atoms with van der Waals surface area (Å²) in [5, 5.41) is 4.03. The lowest BCUT2D eigenvalue weighted by molar-refractivity contribution is -0.140. The molecule has 0 aliphatic heterocycles. The molecule has 0 aliphatic rings. The summed E-state index contributed by atoms with van der Waals surface area (Å²) in [6, 6.07) is 9.25. The molecule has 2 aromatic rings. The fourth-order valence-corrected chi connectivity index (χ4v) is 5.24. The van der Waals surface area contributed by atoms with E-state index in [0.29, 0.717) is 38.4 Å². The summed E-state index contributed by atoms with van der Waals surface area (Å²) < 4.78 is 26.2. The van der Waals surface area contributed by atoms with Crippen molar-refractivity contribution in [2.45, 2.75) is 46.2 Å². The maximum absolute atomic E-state index is 13.3. The van der Waals surface area contributed by atoms with Crippen LogP contribution in [0.5, 0.6) is 0 Å². The zero-order valence-corrected chi connectivity index (χ0v) is 23.2.